The third kappa shape index (κ3) is 7.29. The Hall–Kier alpha value is -3.70. The minimum Gasteiger partial charge on any atom is -0.364 e. The third-order valence-electron chi connectivity index (χ3n) is 8.81. The largest absolute Gasteiger partial charge is 0.416 e. The van der Waals surface area contributed by atoms with Gasteiger partial charge in [-0.2, -0.15) is 25.5 Å². The van der Waals surface area contributed by atoms with Gasteiger partial charge in [-0.25, -0.2) is 13.8 Å². The number of nitrogens with zero attached hydrogens (tertiary/aromatic N) is 5. The molecule has 1 unspecified atom stereocenters. The smallest absolute Gasteiger partial charge is 0.364 e. The highest BCUT2D eigenvalue weighted by atomic mass is 35.5. The normalized spacial score (nSPS) is 21.6. The van der Waals surface area contributed by atoms with E-state index in [-0.39, 0.29) is 19.8 Å². The van der Waals surface area contributed by atoms with E-state index in [9.17, 15) is 26.4 Å². The molecule has 2 fully saturated rings. The summed E-state index contributed by atoms with van der Waals surface area (Å²) in [5.41, 5.74) is 6.37. The van der Waals surface area contributed by atoms with Crippen molar-refractivity contribution in [2.45, 2.75) is 41.9 Å². The fourth-order valence-corrected chi connectivity index (χ4v) is 10.3. The minimum absolute atomic E-state index is 0.108. The van der Waals surface area contributed by atoms with Gasteiger partial charge in [0.05, 0.1) is 27.7 Å². The molecule has 0 bridgehead atoms. The van der Waals surface area contributed by atoms with Crippen molar-refractivity contribution in [2.75, 3.05) is 37.6 Å². The second kappa shape index (κ2) is 13.2. The van der Waals surface area contributed by atoms with Crippen molar-refractivity contribution in [3.63, 3.8) is 0 Å². The number of piperazine rings is 1. The molecule has 2 saturated heterocycles. The van der Waals surface area contributed by atoms with Crippen LogP contribution < -0.4 is 10.6 Å². The molecule has 6 rings (SSSR count). The Morgan fingerprint density at radius 1 is 1.04 bits per heavy atom. The number of quaternary nitrogens is 1. The van der Waals surface area contributed by atoms with Gasteiger partial charge in [0, 0.05) is 50.0 Å². The molecule has 2 aliphatic rings. The number of alkyl halides is 5. The standard InChI is InChI=1S/C32H30ClF5N6O3S2/c33-27-8-9-29(48-27)49(46,47)44(20-31(34,35)17-26(44)30(39)45)19-21-15-25(22-4-6-23(7-5-22)32(36,37)38)41-28(16-21)43-13-11-42(12-14-43)18-24-3-1-2-10-40-24/h1-10,15-16,26H,11-14,17-20H2,(H-,39,45)/p+1/t26-,44?/m0/s1. The maximum absolute atomic E-state index is 15.2. The van der Waals surface area contributed by atoms with Crippen molar-refractivity contribution < 1.29 is 39.1 Å². The zero-order valence-electron chi connectivity index (χ0n) is 25.8. The van der Waals surface area contributed by atoms with E-state index in [2.05, 4.69) is 9.88 Å². The number of carbonyl (C=O) groups is 1. The molecule has 2 aliphatic heterocycles. The molecule has 0 spiro atoms. The lowest BCUT2D eigenvalue weighted by Gasteiger charge is -2.37. The van der Waals surface area contributed by atoms with Crippen LogP contribution in [0.5, 0.6) is 0 Å². The van der Waals surface area contributed by atoms with E-state index in [0.29, 0.717) is 55.4 Å². The number of hydrogen-bond donors (Lipinski definition) is 1. The van der Waals surface area contributed by atoms with Crippen LogP contribution in [-0.2, 0) is 34.1 Å². The number of sulfonamides is 1. The average Bonchev–Trinajstić information content (AvgIpc) is 3.62. The SMILES string of the molecule is NC(=O)[C@@H]1CC(F)(F)C[N+]1(Cc1cc(-c2ccc(C(F)(F)F)cc2)nc(N2CCN(Cc3ccccn3)CC2)c1)S(=O)(=O)c1ccc(Cl)s1. The van der Waals surface area contributed by atoms with Crippen LogP contribution >= 0.6 is 22.9 Å². The van der Waals surface area contributed by atoms with Crippen LogP contribution in [0.4, 0.5) is 27.8 Å². The van der Waals surface area contributed by atoms with Gasteiger partial charge in [0.1, 0.15) is 12.4 Å². The summed E-state index contributed by atoms with van der Waals surface area (Å²) in [6, 6.07) is 13.7. The number of likely N-dealkylation sites (tertiary alicyclic amines) is 1. The predicted molar refractivity (Wildman–Crippen MR) is 174 cm³/mol. The monoisotopic (exact) mass is 741 g/mol. The maximum atomic E-state index is 15.2. The predicted octanol–water partition coefficient (Wildman–Crippen LogP) is 5.80. The van der Waals surface area contributed by atoms with Gasteiger partial charge in [0.25, 0.3) is 5.91 Å². The lowest BCUT2D eigenvalue weighted by molar-refractivity contribution is -0.827. The van der Waals surface area contributed by atoms with Crippen LogP contribution in [0.25, 0.3) is 11.3 Å². The van der Waals surface area contributed by atoms with Gasteiger partial charge in [0.15, 0.2) is 16.8 Å². The number of primary amides is 1. The van der Waals surface area contributed by atoms with E-state index < -0.39 is 63.0 Å². The van der Waals surface area contributed by atoms with Gasteiger partial charge in [-0.15, -0.1) is 11.3 Å². The molecule has 0 radical (unpaired) electrons. The number of hydrogen-bond acceptors (Lipinski definition) is 8. The Balaban J connectivity index is 1.41. The Labute approximate surface area is 288 Å². The highest BCUT2D eigenvalue weighted by Gasteiger charge is 2.65. The van der Waals surface area contributed by atoms with E-state index in [1.54, 1.807) is 12.3 Å². The molecule has 1 amide bonds. The van der Waals surface area contributed by atoms with Gasteiger partial charge in [0.2, 0.25) is 0 Å². The van der Waals surface area contributed by atoms with E-state index >= 15 is 8.78 Å². The van der Waals surface area contributed by atoms with Crippen LogP contribution in [0.15, 0.2) is 77.1 Å². The number of carbonyl (C=O) groups excluding carboxylic acids is 1. The summed E-state index contributed by atoms with van der Waals surface area (Å²) in [4.78, 5) is 26.0. The molecular formula is C32H31ClF5N6O3S2+. The van der Waals surface area contributed by atoms with Crippen molar-refractivity contribution in [1.82, 2.24) is 14.9 Å². The van der Waals surface area contributed by atoms with Crippen molar-refractivity contribution >= 4 is 44.7 Å². The number of benzene rings is 1. The first-order chi connectivity index (χ1) is 23.1. The van der Waals surface area contributed by atoms with E-state index in [1.165, 1.54) is 30.3 Å². The number of halogens is 6. The molecule has 9 nitrogen and oxygen atoms in total. The maximum Gasteiger partial charge on any atom is 0.416 e. The number of nitrogens with two attached hydrogens (primary N) is 1. The number of pyridine rings is 2. The molecule has 4 aromatic rings. The topological polar surface area (TPSA) is 109 Å². The van der Waals surface area contributed by atoms with E-state index in [0.717, 1.165) is 17.8 Å². The summed E-state index contributed by atoms with van der Waals surface area (Å²) in [7, 11) is -4.70. The molecule has 17 heteroatoms. The Morgan fingerprint density at radius 2 is 1.76 bits per heavy atom. The van der Waals surface area contributed by atoms with Crippen LogP contribution in [0, 0.1) is 0 Å². The molecule has 2 atom stereocenters. The van der Waals surface area contributed by atoms with Crippen LogP contribution in [0.2, 0.25) is 4.34 Å². The number of rotatable bonds is 9. The molecule has 1 aromatic carbocycles. The molecule has 5 heterocycles. The van der Waals surface area contributed by atoms with Crippen LogP contribution in [-0.4, -0.2) is 77.8 Å². The second-order valence-corrected chi connectivity index (χ2v) is 16.2. The first-order valence-corrected chi connectivity index (χ1v) is 17.8. The summed E-state index contributed by atoms with van der Waals surface area (Å²) in [6.45, 7) is 1.00. The zero-order valence-corrected chi connectivity index (χ0v) is 28.2. The zero-order chi connectivity index (χ0) is 35.2. The number of anilines is 1. The highest BCUT2D eigenvalue weighted by molar-refractivity contribution is 7.88. The van der Waals surface area contributed by atoms with Gasteiger partial charge >= 0.3 is 22.1 Å². The second-order valence-electron chi connectivity index (χ2n) is 12.2. The molecule has 3 aromatic heterocycles. The lowest BCUT2D eigenvalue weighted by Crippen LogP contribution is -2.59. The number of amides is 1. The fraction of sp³-hybridized carbons (Fsp3) is 0.344. The molecular weight excluding hydrogens is 711 g/mol. The van der Waals surface area contributed by atoms with Crippen molar-refractivity contribution in [3.8, 4) is 11.3 Å². The summed E-state index contributed by atoms with van der Waals surface area (Å²) in [5.74, 6) is -4.38. The van der Waals surface area contributed by atoms with E-state index in [4.69, 9.17) is 22.3 Å². The van der Waals surface area contributed by atoms with Gasteiger partial charge < -0.3 is 10.6 Å². The Morgan fingerprint density at radius 3 is 2.35 bits per heavy atom. The van der Waals surface area contributed by atoms with E-state index in [1.807, 2.05) is 23.1 Å². The van der Waals surface area contributed by atoms with Gasteiger partial charge in [-0.05, 0) is 48.5 Å². The average molecular weight is 742 g/mol. The minimum atomic E-state index is -4.70. The van der Waals surface area contributed by atoms with Crippen molar-refractivity contribution in [1.29, 1.82) is 0 Å². The van der Waals surface area contributed by atoms with Gasteiger partial charge in [-0.3, -0.25) is 14.7 Å². The molecule has 2 N–H and O–H groups in total. The Bertz CT molecular complexity index is 1940. The summed E-state index contributed by atoms with van der Waals surface area (Å²) in [6.07, 6.45) is -3.94. The molecule has 0 aliphatic carbocycles. The first kappa shape index (κ1) is 35.1. The molecule has 0 saturated carbocycles. The number of thiophene rings is 1. The quantitative estimate of drug-likeness (QED) is 0.171. The summed E-state index contributed by atoms with van der Waals surface area (Å²) < 4.78 is 97.5. The lowest BCUT2D eigenvalue weighted by atomic mass is 10.1. The van der Waals surface area contributed by atoms with Crippen molar-refractivity contribution in [2.24, 2.45) is 5.73 Å². The van der Waals surface area contributed by atoms with Crippen LogP contribution in [0.1, 0.15) is 23.2 Å². The fourth-order valence-electron chi connectivity index (χ4n) is 6.43. The van der Waals surface area contributed by atoms with Crippen LogP contribution in [0.3, 0.4) is 0 Å². The Kier molecular flexibility index (Phi) is 9.47. The van der Waals surface area contributed by atoms with Gasteiger partial charge in [-0.1, -0.05) is 29.8 Å². The number of aromatic nitrogens is 2. The molecule has 49 heavy (non-hydrogen) atoms. The first-order valence-electron chi connectivity index (χ1n) is 15.2. The molecule has 260 valence electrons. The summed E-state index contributed by atoms with van der Waals surface area (Å²) in [5, 5.41) is 0. The highest BCUT2D eigenvalue weighted by Crippen LogP contribution is 2.46. The third-order valence-corrected chi connectivity index (χ3v) is 12.8. The summed E-state index contributed by atoms with van der Waals surface area (Å²) >= 11 is 6.72. The van der Waals surface area contributed by atoms with Crippen molar-refractivity contribution in [3.05, 3.63) is 94.1 Å².